The Kier molecular flexibility index (Phi) is 5.28. The lowest BCUT2D eigenvalue weighted by molar-refractivity contribution is -0.136. The number of thioether (sulfide) groups is 1. The third-order valence-corrected chi connectivity index (χ3v) is 10.8. The second kappa shape index (κ2) is 7.25. The maximum atomic E-state index is 12.5. The van der Waals surface area contributed by atoms with Crippen LogP contribution in [-0.2, 0) is 14.4 Å². The van der Waals surface area contributed by atoms with Crippen molar-refractivity contribution in [1.82, 2.24) is 0 Å². The lowest BCUT2D eigenvalue weighted by Gasteiger charge is -2.60. The second-order valence-electron chi connectivity index (χ2n) is 10.4. The van der Waals surface area contributed by atoms with Crippen LogP contribution in [0.3, 0.4) is 0 Å². The van der Waals surface area contributed by atoms with Crippen LogP contribution >= 0.6 is 11.8 Å². The van der Waals surface area contributed by atoms with Crippen molar-refractivity contribution in [2.24, 2.45) is 34.5 Å². The number of Topliss-reactive ketones (excluding diaryl/α,β-unsaturated/α-hetero) is 1. The first-order valence-electron chi connectivity index (χ1n) is 11.2. The minimum atomic E-state index is -0.800. The topological polar surface area (TPSA) is 71.4 Å². The molecule has 3 saturated carbocycles. The lowest BCUT2D eigenvalue weighted by Crippen LogP contribution is -2.55. The van der Waals surface area contributed by atoms with E-state index in [4.69, 9.17) is 0 Å². The fourth-order valence-electron chi connectivity index (χ4n) is 7.75. The van der Waals surface area contributed by atoms with E-state index in [9.17, 15) is 19.5 Å². The van der Waals surface area contributed by atoms with Gasteiger partial charge in [0, 0.05) is 23.0 Å². The van der Waals surface area contributed by atoms with Crippen LogP contribution in [0.15, 0.2) is 11.6 Å². The van der Waals surface area contributed by atoms with E-state index in [0.29, 0.717) is 30.0 Å². The normalized spacial score (nSPS) is 44.9. The number of carbonyl (C=O) groups excluding carboxylic acids is 2. The molecule has 160 valence electrons. The molecule has 1 N–H and O–H groups in total. The zero-order chi connectivity index (χ0) is 21.1. The predicted molar refractivity (Wildman–Crippen MR) is 115 cm³/mol. The van der Waals surface area contributed by atoms with Crippen LogP contribution in [0.2, 0.25) is 0 Å². The third-order valence-electron chi connectivity index (χ3n) is 9.24. The van der Waals surface area contributed by atoms with Gasteiger partial charge in [0.1, 0.15) is 5.78 Å². The van der Waals surface area contributed by atoms with Gasteiger partial charge in [-0.2, -0.15) is 0 Å². The molecule has 0 saturated heterocycles. The fourth-order valence-corrected chi connectivity index (χ4v) is 9.23. The smallest absolute Gasteiger partial charge is 0.316 e. The molecule has 0 spiro atoms. The Bertz CT molecular complexity index is 773. The van der Waals surface area contributed by atoms with Crippen molar-refractivity contribution in [3.63, 3.8) is 0 Å². The Balaban J connectivity index is 1.68. The number of aliphatic carboxylic acids is 1. The summed E-state index contributed by atoms with van der Waals surface area (Å²) in [6.07, 6.45) is 8.71. The van der Waals surface area contributed by atoms with E-state index in [1.165, 1.54) is 17.3 Å². The molecule has 0 bridgehead atoms. The van der Waals surface area contributed by atoms with E-state index in [1.807, 2.05) is 6.08 Å². The van der Waals surface area contributed by atoms with Crippen LogP contribution in [0.1, 0.15) is 72.6 Å². The quantitative estimate of drug-likeness (QED) is 0.702. The van der Waals surface area contributed by atoms with Crippen molar-refractivity contribution in [1.29, 1.82) is 0 Å². The second-order valence-corrected chi connectivity index (χ2v) is 12.0. The summed E-state index contributed by atoms with van der Waals surface area (Å²) in [5, 5.41) is 9.00. The summed E-state index contributed by atoms with van der Waals surface area (Å²) in [6, 6.07) is 0. The summed E-state index contributed by atoms with van der Waals surface area (Å²) in [6.45, 7) is 8.17. The number of fused-ring (bicyclic) bond motifs is 5. The first-order chi connectivity index (χ1) is 13.6. The molecule has 4 aliphatic rings. The molecule has 0 amide bonds. The molecule has 0 heterocycles. The van der Waals surface area contributed by atoms with Gasteiger partial charge in [-0.1, -0.05) is 19.4 Å². The predicted octanol–water partition coefficient (Wildman–Crippen LogP) is 4.91. The van der Waals surface area contributed by atoms with Gasteiger partial charge in [0.2, 0.25) is 0 Å². The lowest BCUT2D eigenvalue weighted by atomic mass is 9.46. The van der Waals surface area contributed by atoms with E-state index >= 15 is 0 Å². The molecule has 4 nitrogen and oxygen atoms in total. The van der Waals surface area contributed by atoms with E-state index in [-0.39, 0.29) is 27.8 Å². The summed E-state index contributed by atoms with van der Waals surface area (Å²) in [7, 11) is 0. The maximum Gasteiger partial charge on any atom is 0.316 e. The highest BCUT2D eigenvalue weighted by atomic mass is 32.2. The highest BCUT2D eigenvalue weighted by molar-refractivity contribution is 8.01. The van der Waals surface area contributed by atoms with Crippen molar-refractivity contribution in [2.75, 3.05) is 0 Å². The highest BCUT2D eigenvalue weighted by Crippen LogP contribution is 2.67. The number of rotatable bonds is 4. The van der Waals surface area contributed by atoms with E-state index in [2.05, 4.69) is 13.8 Å². The number of carboxylic acids is 1. The number of ketones is 2. The molecule has 29 heavy (non-hydrogen) atoms. The molecule has 0 radical (unpaired) electrons. The minimum Gasteiger partial charge on any atom is -0.480 e. The van der Waals surface area contributed by atoms with Gasteiger partial charge in [-0.3, -0.25) is 14.4 Å². The molecule has 0 aromatic rings. The zero-order valence-corrected chi connectivity index (χ0v) is 18.9. The molecule has 2 unspecified atom stereocenters. The Labute approximate surface area is 178 Å². The molecule has 0 aliphatic heterocycles. The van der Waals surface area contributed by atoms with Crippen LogP contribution in [0.25, 0.3) is 0 Å². The van der Waals surface area contributed by atoms with Gasteiger partial charge in [-0.05, 0) is 81.6 Å². The largest absolute Gasteiger partial charge is 0.480 e. The molecule has 5 heteroatoms. The van der Waals surface area contributed by atoms with Crippen molar-refractivity contribution in [3.8, 4) is 0 Å². The summed E-state index contributed by atoms with van der Waals surface area (Å²) in [4.78, 5) is 36.3. The van der Waals surface area contributed by atoms with Crippen LogP contribution in [-0.4, -0.2) is 33.1 Å². The van der Waals surface area contributed by atoms with Crippen LogP contribution < -0.4 is 0 Å². The minimum absolute atomic E-state index is 0.0308. The van der Waals surface area contributed by atoms with Crippen LogP contribution in [0, 0.1) is 34.5 Å². The molecule has 8 atom stereocenters. The van der Waals surface area contributed by atoms with Gasteiger partial charge in [-0.25, -0.2) is 0 Å². The SMILES string of the molecule is CC(=O)[C@H]1CC[C@H]2[C@@H]3CCC4=CC(=O)CC(SC(C)C(=O)O)[C@]4(C)[C@H]3CC[C@]12C. The first kappa shape index (κ1) is 21.1. The number of carboxylic acid groups (broad SMARTS) is 1. The fraction of sp³-hybridized carbons (Fsp3) is 0.792. The number of hydrogen-bond acceptors (Lipinski definition) is 4. The summed E-state index contributed by atoms with van der Waals surface area (Å²) in [5.74, 6) is 1.55. The van der Waals surface area contributed by atoms with Gasteiger partial charge in [-0.15, -0.1) is 11.8 Å². The Morgan fingerprint density at radius 1 is 1.17 bits per heavy atom. The average molecular weight is 419 g/mol. The van der Waals surface area contributed by atoms with Crippen molar-refractivity contribution in [2.45, 2.75) is 83.1 Å². The van der Waals surface area contributed by atoms with Crippen LogP contribution in [0.4, 0.5) is 0 Å². The zero-order valence-electron chi connectivity index (χ0n) is 18.1. The summed E-state index contributed by atoms with van der Waals surface area (Å²) >= 11 is 1.49. The highest BCUT2D eigenvalue weighted by Gasteiger charge is 2.61. The average Bonchev–Trinajstić information content (AvgIpc) is 3.00. The van der Waals surface area contributed by atoms with E-state index in [1.54, 1.807) is 13.8 Å². The third kappa shape index (κ3) is 3.14. The van der Waals surface area contributed by atoms with Gasteiger partial charge in [0.25, 0.3) is 0 Å². The molecule has 0 aromatic heterocycles. The molecule has 4 rings (SSSR count). The maximum absolute atomic E-state index is 12.5. The van der Waals surface area contributed by atoms with Gasteiger partial charge >= 0.3 is 5.97 Å². The Morgan fingerprint density at radius 2 is 1.90 bits per heavy atom. The van der Waals surface area contributed by atoms with Crippen LogP contribution in [0.5, 0.6) is 0 Å². The van der Waals surface area contributed by atoms with Crippen molar-refractivity contribution in [3.05, 3.63) is 11.6 Å². The number of hydrogen-bond donors (Lipinski definition) is 1. The Hall–Kier alpha value is -1.10. The van der Waals surface area contributed by atoms with Gasteiger partial charge in [0.15, 0.2) is 5.78 Å². The Morgan fingerprint density at radius 3 is 2.55 bits per heavy atom. The summed E-state index contributed by atoms with van der Waals surface area (Å²) < 4.78 is 0. The van der Waals surface area contributed by atoms with Crippen molar-refractivity contribution >= 4 is 29.3 Å². The number of carbonyl (C=O) groups is 3. The number of allylic oxidation sites excluding steroid dienone is 1. The first-order valence-corrected chi connectivity index (χ1v) is 12.2. The molecule has 0 aromatic carbocycles. The molecular weight excluding hydrogens is 384 g/mol. The molecule has 3 fully saturated rings. The monoisotopic (exact) mass is 418 g/mol. The van der Waals surface area contributed by atoms with Gasteiger partial charge in [0.05, 0.1) is 5.25 Å². The van der Waals surface area contributed by atoms with Gasteiger partial charge < -0.3 is 5.11 Å². The molecular formula is C24H34O4S. The van der Waals surface area contributed by atoms with E-state index in [0.717, 1.165) is 38.5 Å². The van der Waals surface area contributed by atoms with E-state index < -0.39 is 11.2 Å². The standard InChI is InChI=1S/C24H34O4S/c1-13(25)18-7-8-19-17-6-5-15-11-16(26)12-21(29-14(2)22(27)28)24(15,4)20(17)9-10-23(18,19)3/h11,14,17-21H,5-10,12H2,1-4H3,(H,27,28)/t14?,17-,18+,19-,20-,21?,23+,24-/m0/s1. The summed E-state index contributed by atoms with van der Waals surface area (Å²) in [5.41, 5.74) is 1.27. The molecule has 4 aliphatic carbocycles. The van der Waals surface area contributed by atoms with Crippen molar-refractivity contribution < 1.29 is 19.5 Å².